The van der Waals surface area contributed by atoms with Crippen molar-refractivity contribution in [3.8, 4) is 17.2 Å². The van der Waals surface area contributed by atoms with Crippen LogP contribution in [0.15, 0.2) is 48.2 Å². The lowest BCUT2D eigenvalue weighted by molar-refractivity contribution is -0.154. The third kappa shape index (κ3) is 4.03. The number of ketones is 1. The van der Waals surface area contributed by atoms with Gasteiger partial charge in [-0.1, -0.05) is 18.2 Å². The predicted molar refractivity (Wildman–Crippen MR) is 105 cm³/mol. The number of ether oxygens (including phenoxy) is 5. The van der Waals surface area contributed by atoms with E-state index in [0.29, 0.717) is 22.8 Å². The number of methoxy groups -OCH3 is 4. The molecule has 0 saturated heterocycles. The number of carbonyl (C=O) groups excluding carboxylic acids is 2. The summed E-state index contributed by atoms with van der Waals surface area (Å²) in [4.78, 5) is 25.7. The Kier molecular flexibility index (Phi) is 6.07. The molecule has 0 amide bonds. The van der Waals surface area contributed by atoms with Crippen LogP contribution < -0.4 is 14.2 Å². The molecule has 0 aliphatic carbocycles. The van der Waals surface area contributed by atoms with Gasteiger partial charge in [0.25, 0.3) is 0 Å². The van der Waals surface area contributed by atoms with Crippen LogP contribution in [0.2, 0.25) is 0 Å². The lowest BCUT2D eigenvalue weighted by atomic mass is 9.92. The van der Waals surface area contributed by atoms with E-state index in [1.165, 1.54) is 14.2 Å². The highest BCUT2D eigenvalue weighted by atomic mass is 16.6. The molecule has 0 saturated carbocycles. The summed E-state index contributed by atoms with van der Waals surface area (Å²) in [6.45, 7) is 0. The number of hydrogen-bond acceptors (Lipinski definition) is 7. The first-order valence-corrected chi connectivity index (χ1v) is 8.91. The summed E-state index contributed by atoms with van der Waals surface area (Å²) in [7, 11) is 5.96. The molecular weight excluding hydrogens is 376 g/mol. The Hall–Kier alpha value is -3.48. The quantitative estimate of drug-likeness (QED) is 0.664. The van der Waals surface area contributed by atoms with Gasteiger partial charge in [-0.15, -0.1) is 0 Å². The van der Waals surface area contributed by atoms with Gasteiger partial charge in [-0.05, 0) is 35.4 Å². The third-order valence-corrected chi connectivity index (χ3v) is 4.65. The van der Waals surface area contributed by atoms with Gasteiger partial charge in [-0.3, -0.25) is 4.79 Å². The van der Waals surface area contributed by atoms with Crippen LogP contribution in [0.5, 0.6) is 17.2 Å². The summed E-state index contributed by atoms with van der Waals surface area (Å²) < 4.78 is 26.2. The maximum absolute atomic E-state index is 13.2. The molecule has 0 spiro atoms. The van der Waals surface area contributed by atoms with Crippen molar-refractivity contribution in [2.24, 2.45) is 0 Å². The van der Waals surface area contributed by atoms with Gasteiger partial charge in [0.2, 0.25) is 11.5 Å². The van der Waals surface area contributed by atoms with Crippen LogP contribution in [-0.2, 0) is 25.5 Å². The van der Waals surface area contributed by atoms with Crippen molar-refractivity contribution >= 4 is 17.3 Å². The summed E-state index contributed by atoms with van der Waals surface area (Å²) in [5.41, 5.74) is 1.52. The van der Waals surface area contributed by atoms with Gasteiger partial charge in [0.05, 0.1) is 34.0 Å². The number of hydrogen-bond donors (Lipinski definition) is 0. The van der Waals surface area contributed by atoms with Crippen molar-refractivity contribution in [3.63, 3.8) is 0 Å². The second kappa shape index (κ2) is 8.68. The molecule has 152 valence electrons. The zero-order chi connectivity index (χ0) is 21.0. The number of carbonyl (C=O) groups is 2. The van der Waals surface area contributed by atoms with Crippen LogP contribution in [0.25, 0.3) is 5.57 Å². The van der Waals surface area contributed by atoms with Gasteiger partial charge in [0.15, 0.2) is 17.6 Å². The molecule has 29 heavy (non-hydrogen) atoms. The maximum atomic E-state index is 13.2. The van der Waals surface area contributed by atoms with Crippen LogP contribution in [0.4, 0.5) is 0 Å². The summed E-state index contributed by atoms with van der Waals surface area (Å²) in [6, 6.07) is 12.1. The van der Waals surface area contributed by atoms with Crippen LogP contribution in [0.1, 0.15) is 11.1 Å². The van der Waals surface area contributed by atoms with Crippen molar-refractivity contribution in [1.29, 1.82) is 0 Å². The Bertz CT molecular complexity index is 944. The molecule has 1 aliphatic rings. The SMILES string of the molecule is COC1=C(c2ccc(OC)cc2)C(=O)C(Cc2ccc(OC)c(OC)c2)OC1=O. The molecule has 3 rings (SSSR count). The van der Waals surface area contributed by atoms with E-state index < -0.39 is 12.1 Å². The first-order chi connectivity index (χ1) is 14.0. The van der Waals surface area contributed by atoms with Crippen molar-refractivity contribution in [3.05, 3.63) is 59.4 Å². The lowest BCUT2D eigenvalue weighted by Crippen LogP contribution is -2.37. The zero-order valence-corrected chi connectivity index (χ0v) is 16.7. The molecule has 1 atom stereocenters. The monoisotopic (exact) mass is 398 g/mol. The highest BCUT2D eigenvalue weighted by molar-refractivity contribution is 6.29. The van der Waals surface area contributed by atoms with Crippen molar-refractivity contribution in [1.82, 2.24) is 0 Å². The molecule has 7 heteroatoms. The van der Waals surface area contributed by atoms with Crippen molar-refractivity contribution in [2.45, 2.75) is 12.5 Å². The number of esters is 1. The van der Waals surface area contributed by atoms with Gasteiger partial charge in [-0.2, -0.15) is 0 Å². The molecule has 1 heterocycles. The normalized spacial score (nSPS) is 16.3. The molecular formula is C22H22O7. The number of rotatable bonds is 7. The number of Topliss-reactive ketones (excluding diaryl/α,β-unsaturated/α-hetero) is 1. The molecule has 7 nitrogen and oxygen atoms in total. The largest absolute Gasteiger partial charge is 0.497 e. The van der Waals surface area contributed by atoms with Gasteiger partial charge in [-0.25, -0.2) is 4.79 Å². The first-order valence-electron chi connectivity index (χ1n) is 8.91. The first kappa shape index (κ1) is 20.3. The van der Waals surface area contributed by atoms with Crippen molar-refractivity contribution in [2.75, 3.05) is 28.4 Å². The molecule has 0 radical (unpaired) electrons. The van der Waals surface area contributed by atoms with E-state index in [2.05, 4.69) is 0 Å². The summed E-state index contributed by atoms with van der Waals surface area (Å²) >= 11 is 0. The lowest BCUT2D eigenvalue weighted by Gasteiger charge is -2.25. The number of cyclic esters (lactones) is 1. The summed E-state index contributed by atoms with van der Waals surface area (Å²) in [5, 5.41) is 0. The van der Waals surface area contributed by atoms with Crippen LogP contribution in [0.3, 0.4) is 0 Å². The van der Waals surface area contributed by atoms with Crippen molar-refractivity contribution < 1.29 is 33.3 Å². The standard InChI is InChI=1S/C22H22O7/c1-25-15-8-6-14(7-9-15)19-20(23)18(29-22(24)21(19)28-4)12-13-5-10-16(26-2)17(11-13)27-3/h5-11,18H,12H2,1-4H3. The fraction of sp³-hybridized carbons (Fsp3) is 0.273. The van der Waals surface area contributed by atoms with E-state index in [4.69, 9.17) is 23.7 Å². The third-order valence-electron chi connectivity index (χ3n) is 4.65. The highest BCUT2D eigenvalue weighted by Gasteiger charge is 2.38. The Balaban J connectivity index is 1.94. The predicted octanol–water partition coefficient (Wildman–Crippen LogP) is 2.81. The Morgan fingerprint density at radius 2 is 1.52 bits per heavy atom. The van der Waals surface area contributed by atoms with Crippen LogP contribution in [-0.4, -0.2) is 46.3 Å². The second-order valence-electron chi connectivity index (χ2n) is 6.29. The Morgan fingerprint density at radius 1 is 0.828 bits per heavy atom. The molecule has 0 aromatic heterocycles. The minimum atomic E-state index is -0.975. The molecule has 0 fully saturated rings. The van der Waals surface area contributed by atoms with E-state index in [1.54, 1.807) is 56.7 Å². The van der Waals surface area contributed by atoms with Gasteiger partial charge < -0.3 is 23.7 Å². The molecule has 1 unspecified atom stereocenters. The maximum Gasteiger partial charge on any atom is 0.375 e. The van der Waals surface area contributed by atoms with E-state index >= 15 is 0 Å². The minimum absolute atomic E-state index is 0.108. The zero-order valence-electron chi connectivity index (χ0n) is 16.7. The Morgan fingerprint density at radius 3 is 2.10 bits per heavy atom. The van der Waals surface area contributed by atoms with Crippen LogP contribution in [0, 0.1) is 0 Å². The van der Waals surface area contributed by atoms with E-state index in [1.807, 2.05) is 0 Å². The number of benzene rings is 2. The van der Waals surface area contributed by atoms with Gasteiger partial charge in [0, 0.05) is 6.42 Å². The molecule has 2 aromatic carbocycles. The highest BCUT2D eigenvalue weighted by Crippen LogP contribution is 2.32. The Labute approximate surface area is 168 Å². The fourth-order valence-electron chi connectivity index (χ4n) is 3.18. The average molecular weight is 398 g/mol. The van der Waals surface area contributed by atoms with E-state index in [9.17, 15) is 9.59 Å². The molecule has 2 aromatic rings. The fourth-order valence-corrected chi connectivity index (χ4v) is 3.18. The molecule has 0 N–H and O–H groups in total. The second-order valence-corrected chi connectivity index (χ2v) is 6.29. The van der Waals surface area contributed by atoms with Gasteiger partial charge in [0.1, 0.15) is 5.75 Å². The average Bonchev–Trinajstić information content (AvgIpc) is 2.75. The smallest absolute Gasteiger partial charge is 0.375 e. The van der Waals surface area contributed by atoms with Gasteiger partial charge >= 0.3 is 5.97 Å². The van der Waals surface area contributed by atoms with E-state index in [-0.39, 0.29) is 23.5 Å². The van der Waals surface area contributed by atoms with E-state index in [0.717, 1.165) is 5.56 Å². The minimum Gasteiger partial charge on any atom is -0.497 e. The summed E-state index contributed by atoms with van der Waals surface area (Å²) in [6.07, 6.45) is -0.779. The molecule has 1 aliphatic heterocycles. The molecule has 0 bridgehead atoms. The van der Waals surface area contributed by atoms with Crippen LogP contribution >= 0.6 is 0 Å². The topological polar surface area (TPSA) is 80.3 Å². The summed E-state index contributed by atoms with van der Waals surface area (Å²) in [5.74, 6) is 0.626.